The fraction of sp³-hybridized carbons (Fsp3) is 0. The van der Waals surface area contributed by atoms with Crippen LogP contribution in [0.4, 0.5) is 0 Å². The summed E-state index contributed by atoms with van der Waals surface area (Å²) in [5, 5.41) is 6.33. The molecule has 10 aromatic rings. The number of nitrogens with zero attached hydrogens (tertiary/aromatic N) is 3. The van der Waals surface area contributed by atoms with Crippen LogP contribution in [0.15, 0.2) is 160 Å². The van der Waals surface area contributed by atoms with Gasteiger partial charge in [0.25, 0.3) is 0 Å². The zero-order chi connectivity index (χ0) is 31.6. The average molecular weight is 616 g/mol. The van der Waals surface area contributed by atoms with Crippen molar-refractivity contribution in [3.63, 3.8) is 0 Å². The van der Waals surface area contributed by atoms with Gasteiger partial charge in [-0.05, 0) is 52.7 Å². The van der Waals surface area contributed by atoms with E-state index in [1.807, 2.05) is 66.7 Å². The molecule has 0 spiro atoms. The van der Waals surface area contributed by atoms with Crippen LogP contribution in [0.2, 0.25) is 0 Å². The Balaban J connectivity index is 1.29. The minimum absolute atomic E-state index is 0.544. The molecule has 0 atom stereocenters. The Kier molecular flexibility index (Phi) is 5.81. The second kappa shape index (κ2) is 10.5. The van der Waals surface area contributed by atoms with Crippen molar-refractivity contribution < 1.29 is 8.83 Å². The van der Waals surface area contributed by atoms with Gasteiger partial charge < -0.3 is 8.83 Å². The van der Waals surface area contributed by atoms with Crippen molar-refractivity contribution >= 4 is 54.6 Å². The number of aromatic nitrogens is 3. The summed E-state index contributed by atoms with van der Waals surface area (Å²) in [4.78, 5) is 15.4. The first-order chi connectivity index (χ1) is 23.8. The Morgan fingerprint density at radius 1 is 0.354 bits per heavy atom. The van der Waals surface area contributed by atoms with Gasteiger partial charge in [-0.2, -0.15) is 0 Å². The second-order valence-electron chi connectivity index (χ2n) is 12.0. The summed E-state index contributed by atoms with van der Waals surface area (Å²) in [6.07, 6.45) is 0. The van der Waals surface area contributed by atoms with Crippen LogP contribution in [0.25, 0.3) is 99.9 Å². The number of hydrogen-bond donors (Lipinski definition) is 0. The summed E-state index contributed by atoms with van der Waals surface area (Å²) >= 11 is 0. The molecule has 48 heavy (non-hydrogen) atoms. The van der Waals surface area contributed by atoms with Crippen molar-refractivity contribution in [1.82, 2.24) is 15.0 Å². The van der Waals surface area contributed by atoms with Crippen LogP contribution in [0.3, 0.4) is 0 Å². The van der Waals surface area contributed by atoms with E-state index in [9.17, 15) is 0 Å². The van der Waals surface area contributed by atoms with Gasteiger partial charge in [-0.15, -0.1) is 0 Å². The highest BCUT2D eigenvalue weighted by Gasteiger charge is 2.22. The maximum Gasteiger partial charge on any atom is 0.167 e. The van der Waals surface area contributed by atoms with E-state index in [2.05, 4.69) is 84.9 Å². The molecule has 5 heteroatoms. The number of furan rings is 2. The number of rotatable bonds is 4. The monoisotopic (exact) mass is 615 g/mol. The van der Waals surface area contributed by atoms with Crippen LogP contribution in [-0.4, -0.2) is 15.0 Å². The topological polar surface area (TPSA) is 65.0 Å². The summed E-state index contributed by atoms with van der Waals surface area (Å²) in [6, 6.07) is 51.6. The van der Waals surface area contributed by atoms with Gasteiger partial charge in [0.15, 0.2) is 17.5 Å². The van der Waals surface area contributed by atoms with Crippen LogP contribution in [0.5, 0.6) is 0 Å². The van der Waals surface area contributed by atoms with Crippen LogP contribution in [0.1, 0.15) is 0 Å². The highest BCUT2D eigenvalue weighted by molar-refractivity contribution is 6.18. The average Bonchev–Trinajstić information content (AvgIpc) is 3.72. The predicted octanol–water partition coefficient (Wildman–Crippen LogP) is 11.5. The molecule has 0 N–H and O–H groups in total. The molecule has 0 aliphatic carbocycles. The number of para-hydroxylation sites is 2. The van der Waals surface area contributed by atoms with Crippen molar-refractivity contribution in [2.24, 2.45) is 0 Å². The Morgan fingerprint density at radius 3 is 1.77 bits per heavy atom. The van der Waals surface area contributed by atoms with Crippen LogP contribution in [-0.2, 0) is 0 Å². The van der Waals surface area contributed by atoms with Gasteiger partial charge in [-0.25, -0.2) is 15.0 Å². The molecule has 3 aromatic heterocycles. The minimum Gasteiger partial charge on any atom is -0.455 e. The van der Waals surface area contributed by atoms with E-state index in [0.717, 1.165) is 82.5 Å². The molecular weight excluding hydrogens is 590 g/mol. The normalized spacial score (nSPS) is 11.8. The second-order valence-corrected chi connectivity index (χ2v) is 12.0. The lowest BCUT2D eigenvalue weighted by Gasteiger charge is -2.11. The van der Waals surface area contributed by atoms with Crippen molar-refractivity contribution in [2.75, 3.05) is 0 Å². The van der Waals surface area contributed by atoms with Crippen LogP contribution >= 0.6 is 0 Å². The highest BCUT2D eigenvalue weighted by atomic mass is 16.3. The summed E-state index contributed by atoms with van der Waals surface area (Å²) in [6.45, 7) is 0. The quantitative estimate of drug-likeness (QED) is 0.197. The van der Waals surface area contributed by atoms with Crippen LogP contribution in [0, 0.1) is 0 Å². The predicted molar refractivity (Wildman–Crippen MR) is 194 cm³/mol. The van der Waals surface area contributed by atoms with Gasteiger partial charge in [-0.1, -0.05) is 115 Å². The third kappa shape index (κ3) is 4.15. The van der Waals surface area contributed by atoms with Gasteiger partial charge in [0, 0.05) is 38.2 Å². The van der Waals surface area contributed by atoms with E-state index >= 15 is 0 Å². The summed E-state index contributed by atoms with van der Waals surface area (Å²) in [5.41, 5.74) is 7.87. The molecule has 0 amide bonds. The Morgan fingerprint density at radius 2 is 0.958 bits per heavy atom. The fourth-order valence-corrected chi connectivity index (χ4v) is 6.85. The third-order valence-corrected chi connectivity index (χ3v) is 9.13. The van der Waals surface area contributed by atoms with E-state index in [4.69, 9.17) is 23.8 Å². The van der Waals surface area contributed by atoms with Gasteiger partial charge in [0.1, 0.15) is 22.3 Å². The molecule has 0 unspecified atom stereocenters. The lowest BCUT2D eigenvalue weighted by atomic mass is 9.97. The number of fused-ring (bicyclic) bond motifs is 7. The van der Waals surface area contributed by atoms with Gasteiger partial charge in [-0.3, -0.25) is 0 Å². The van der Waals surface area contributed by atoms with Crippen LogP contribution < -0.4 is 0 Å². The molecule has 0 fully saturated rings. The molecule has 0 aliphatic rings. The molecule has 0 saturated carbocycles. The van der Waals surface area contributed by atoms with Gasteiger partial charge in [0.05, 0.1) is 5.56 Å². The fourth-order valence-electron chi connectivity index (χ4n) is 6.85. The van der Waals surface area contributed by atoms with E-state index in [-0.39, 0.29) is 0 Å². The third-order valence-electron chi connectivity index (χ3n) is 9.13. The highest BCUT2D eigenvalue weighted by Crippen LogP contribution is 2.43. The Bertz CT molecular complexity index is 2840. The number of benzene rings is 7. The lowest BCUT2D eigenvalue weighted by molar-refractivity contribution is 0.669. The molecule has 5 nitrogen and oxygen atoms in total. The molecule has 0 bridgehead atoms. The largest absolute Gasteiger partial charge is 0.455 e. The maximum atomic E-state index is 6.74. The lowest BCUT2D eigenvalue weighted by Crippen LogP contribution is -2.00. The van der Waals surface area contributed by atoms with Crippen molar-refractivity contribution in [3.05, 3.63) is 152 Å². The molecule has 224 valence electrons. The molecule has 0 saturated heterocycles. The zero-order valence-electron chi connectivity index (χ0n) is 25.6. The van der Waals surface area contributed by atoms with E-state index in [1.54, 1.807) is 0 Å². The minimum atomic E-state index is 0.544. The number of hydrogen-bond acceptors (Lipinski definition) is 5. The first-order valence-corrected chi connectivity index (χ1v) is 15.9. The van der Waals surface area contributed by atoms with E-state index < -0.39 is 0 Å². The van der Waals surface area contributed by atoms with Crippen molar-refractivity contribution in [1.29, 1.82) is 0 Å². The summed E-state index contributed by atoms with van der Waals surface area (Å²) in [7, 11) is 0. The first kappa shape index (κ1) is 26.6. The maximum absolute atomic E-state index is 6.74. The molecule has 0 radical (unpaired) electrons. The molecule has 3 heterocycles. The zero-order valence-corrected chi connectivity index (χ0v) is 25.6. The van der Waals surface area contributed by atoms with E-state index in [0.29, 0.717) is 17.5 Å². The Labute approximate surface area is 274 Å². The van der Waals surface area contributed by atoms with Crippen molar-refractivity contribution in [2.45, 2.75) is 0 Å². The Hall–Kier alpha value is -6.59. The first-order valence-electron chi connectivity index (χ1n) is 15.9. The summed E-state index contributed by atoms with van der Waals surface area (Å²) < 4.78 is 13.2. The SMILES string of the molecule is c1ccc(-c2nc(-c3cccc4c3oc3ccccc34)nc(-c3ccc(-c4ccccc4)c4oc5cc6ccccc6cc5c34)n2)cc1. The molecule has 10 rings (SSSR count). The standard InChI is InChI=1S/C43H25N3O2/c1-3-12-26(13-4-1)30-22-23-33(38-35-24-28-16-7-8-17-29(28)25-37(35)48-40(30)38)42-44-41(27-14-5-2-6-15-27)45-43(46-42)34-20-11-19-32-31-18-9-10-21-36(31)47-39(32)34/h1-25H. The molecular formula is C43H25N3O2. The van der Waals surface area contributed by atoms with Gasteiger partial charge >= 0.3 is 0 Å². The molecule has 7 aromatic carbocycles. The smallest absolute Gasteiger partial charge is 0.167 e. The summed E-state index contributed by atoms with van der Waals surface area (Å²) in [5.74, 6) is 1.69. The molecule has 0 aliphatic heterocycles. The van der Waals surface area contributed by atoms with E-state index in [1.165, 1.54) is 0 Å². The van der Waals surface area contributed by atoms with Gasteiger partial charge in [0.2, 0.25) is 0 Å². The van der Waals surface area contributed by atoms with Crippen molar-refractivity contribution in [3.8, 4) is 45.3 Å².